The summed E-state index contributed by atoms with van der Waals surface area (Å²) in [5, 5.41) is 3.91. The molecular formula is C20H17F2N3O3. The fourth-order valence-corrected chi connectivity index (χ4v) is 3.22. The highest BCUT2D eigenvalue weighted by Gasteiger charge is 2.34. The van der Waals surface area contributed by atoms with Gasteiger partial charge in [0.15, 0.2) is 11.6 Å². The number of likely N-dealkylation sites (tertiary alicyclic amines) is 1. The zero-order valence-electron chi connectivity index (χ0n) is 15.1. The van der Waals surface area contributed by atoms with Gasteiger partial charge in [-0.3, -0.25) is 4.79 Å². The molecule has 0 bridgehead atoms. The first-order valence-corrected chi connectivity index (χ1v) is 8.73. The molecule has 0 aliphatic carbocycles. The second-order valence-corrected chi connectivity index (χ2v) is 6.61. The fourth-order valence-electron chi connectivity index (χ4n) is 3.22. The number of hydrogen-bond donors (Lipinski definition) is 0. The van der Waals surface area contributed by atoms with Crippen molar-refractivity contribution in [3.05, 3.63) is 65.6 Å². The Morgan fingerprint density at radius 1 is 1.21 bits per heavy atom. The number of nitrogens with zero attached hydrogens (tertiary/aromatic N) is 3. The van der Waals surface area contributed by atoms with Crippen LogP contribution in [0.15, 0.2) is 47.0 Å². The number of amides is 1. The first kappa shape index (κ1) is 18.1. The summed E-state index contributed by atoms with van der Waals surface area (Å²) in [5.41, 5.74) is 1.30. The molecule has 0 N–H and O–H groups in total. The van der Waals surface area contributed by atoms with E-state index in [2.05, 4.69) is 10.1 Å². The van der Waals surface area contributed by atoms with Crippen LogP contribution in [0.5, 0.6) is 5.75 Å². The van der Waals surface area contributed by atoms with Gasteiger partial charge in [-0.25, -0.2) is 8.78 Å². The van der Waals surface area contributed by atoms with E-state index in [9.17, 15) is 13.6 Å². The molecule has 2 heterocycles. The van der Waals surface area contributed by atoms with Crippen molar-refractivity contribution in [3.63, 3.8) is 0 Å². The van der Waals surface area contributed by atoms with Crippen LogP contribution in [0.1, 0.15) is 23.8 Å². The molecule has 1 fully saturated rings. The number of ether oxygens (including phenoxy) is 1. The van der Waals surface area contributed by atoms with E-state index in [1.54, 1.807) is 23.1 Å². The Morgan fingerprint density at radius 3 is 2.71 bits per heavy atom. The maximum Gasteiger partial charge on any atom is 0.232 e. The zero-order chi connectivity index (χ0) is 19.7. The molecule has 1 aliphatic rings. The molecule has 1 unspecified atom stereocenters. The molecule has 0 saturated carbocycles. The van der Waals surface area contributed by atoms with Gasteiger partial charge in [-0.2, -0.15) is 4.98 Å². The summed E-state index contributed by atoms with van der Waals surface area (Å²) < 4.78 is 37.1. The number of halogens is 2. The second kappa shape index (κ2) is 7.38. The van der Waals surface area contributed by atoms with Gasteiger partial charge in [0, 0.05) is 25.1 Å². The predicted molar refractivity (Wildman–Crippen MR) is 95.4 cm³/mol. The molecule has 28 heavy (non-hydrogen) atoms. The summed E-state index contributed by atoms with van der Waals surface area (Å²) in [6.45, 7) is 0.815. The van der Waals surface area contributed by atoms with Crippen LogP contribution in [0, 0.1) is 11.6 Å². The fraction of sp³-hybridized carbons (Fsp3) is 0.250. The largest absolute Gasteiger partial charge is 0.494 e. The molecule has 8 heteroatoms. The molecule has 1 atom stereocenters. The van der Waals surface area contributed by atoms with Crippen molar-refractivity contribution in [1.29, 1.82) is 0 Å². The summed E-state index contributed by atoms with van der Waals surface area (Å²) in [7, 11) is 1.39. The number of methoxy groups -OCH3 is 1. The Kier molecular flexibility index (Phi) is 4.77. The minimum Gasteiger partial charge on any atom is -0.494 e. The van der Waals surface area contributed by atoms with Gasteiger partial charge in [0.2, 0.25) is 17.6 Å². The Balaban J connectivity index is 1.47. The maximum atomic E-state index is 13.9. The van der Waals surface area contributed by atoms with Gasteiger partial charge in [-0.1, -0.05) is 17.3 Å². The minimum absolute atomic E-state index is 0.0374. The lowest BCUT2D eigenvalue weighted by Gasteiger charge is -2.15. The standard InChI is InChI=1S/C20H17F2N3O3/c1-27-17-7-4-13(8-16(17)22)19-23-20(28-24-19)14-9-18(26)25(11-14)10-12-2-5-15(21)6-3-12/h2-8,14H,9-11H2,1H3. The monoisotopic (exact) mass is 385 g/mol. The van der Waals surface area contributed by atoms with Gasteiger partial charge in [0.25, 0.3) is 0 Å². The molecule has 3 aromatic rings. The molecule has 2 aromatic carbocycles. The Bertz CT molecular complexity index is 1000. The average molecular weight is 385 g/mol. The molecule has 0 spiro atoms. The normalized spacial score (nSPS) is 16.6. The molecule has 1 aliphatic heterocycles. The van der Waals surface area contributed by atoms with E-state index in [4.69, 9.17) is 9.26 Å². The molecule has 6 nitrogen and oxygen atoms in total. The molecule has 1 saturated heterocycles. The quantitative estimate of drug-likeness (QED) is 0.672. The van der Waals surface area contributed by atoms with Gasteiger partial charge >= 0.3 is 0 Å². The van der Waals surface area contributed by atoms with Crippen LogP contribution in [0.4, 0.5) is 8.78 Å². The lowest BCUT2D eigenvalue weighted by atomic mass is 10.1. The van der Waals surface area contributed by atoms with Crippen LogP contribution >= 0.6 is 0 Å². The van der Waals surface area contributed by atoms with E-state index in [-0.39, 0.29) is 35.6 Å². The average Bonchev–Trinajstić information content (AvgIpc) is 3.31. The van der Waals surface area contributed by atoms with Crippen molar-refractivity contribution in [2.75, 3.05) is 13.7 Å². The Morgan fingerprint density at radius 2 is 2.00 bits per heavy atom. The SMILES string of the molecule is COc1ccc(-c2noc(C3CC(=O)N(Cc4ccc(F)cc4)C3)n2)cc1F. The third-order valence-corrected chi connectivity index (χ3v) is 4.70. The number of hydrogen-bond acceptors (Lipinski definition) is 5. The van der Waals surface area contributed by atoms with Gasteiger partial charge < -0.3 is 14.2 Å². The molecule has 4 rings (SSSR count). The first-order chi connectivity index (χ1) is 13.5. The highest BCUT2D eigenvalue weighted by atomic mass is 19.1. The third-order valence-electron chi connectivity index (χ3n) is 4.70. The van der Waals surface area contributed by atoms with Crippen LogP contribution in [-0.2, 0) is 11.3 Å². The smallest absolute Gasteiger partial charge is 0.232 e. The van der Waals surface area contributed by atoms with E-state index < -0.39 is 5.82 Å². The minimum atomic E-state index is -0.520. The van der Waals surface area contributed by atoms with Crippen LogP contribution < -0.4 is 4.74 Å². The maximum absolute atomic E-state index is 13.9. The lowest BCUT2D eigenvalue weighted by molar-refractivity contribution is -0.128. The molecule has 1 amide bonds. The third kappa shape index (κ3) is 3.58. The number of rotatable bonds is 5. The molecule has 0 radical (unpaired) electrons. The van der Waals surface area contributed by atoms with Crippen molar-refractivity contribution < 1.29 is 22.8 Å². The molecular weight excluding hydrogens is 368 g/mol. The van der Waals surface area contributed by atoms with Crippen LogP contribution in [-0.4, -0.2) is 34.6 Å². The second-order valence-electron chi connectivity index (χ2n) is 6.61. The lowest BCUT2D eigenvalue weighted by Crippen LogP contribution is -2.24. The van der Waals surface area contributed by atoms with Gasteiger partial charge in [0.05, 0.1) is 13.0 Å². The van der Waals surface area contributed by atoms with Crippen molar-refractivity contribution in [2.45, 2.75) is 18.9 Å². The summed E-state index contributed by atoms with van der Waals surface area (Å²) in [4.78, 5) is 18.3. The van der Waals surface area contributed by atoms with Gasteiger partial charge in [0.1, 0.15) is 5.82 Å². The topological polar surface area (TPSA) is 68.5 Å². The van der Waals surface area contributed by atoms with Gasteiger partial charge in [-0.15, -0.1) is 0 Å². The number of carbonyl (C=O) groups is 1. The van der Waals surface area contributed by atoms with E-state index in [1.165, 1.54) is 31.4 Å². The van der Waals surface area contributed by atoms with Crippen LogP contribution in [0.2, 0.25) is 0 Å². The highest BCUT2D eigenvalue weighted by molar-refractivity contribution is 5.79. The van der Waals surface area contributed by atoms with Gasteiger partial charge in [-0.05, 0) is 35.9 Å². The first-order valence-electron chi connectivity index (χ1n) is 8.73. The van der Waals surface area contributed by atoms with Crippen molar-refractivity contribution in [3.8, 4) is 17.1 Å². The van der Waals surface area contributed by atoms with E-state index >= 15 is 0 Å². The summed E-state index contributed by atoms with van der Waals surface area (Å²) in [5.74, 6) is -0.398. The number of benzene rings is 2. The van der Waals surface area contributed by atoms with E-state index in [0.29, 0.717) is 24.5 Å². The van der Waals surface area contributed by atoms with Crippen molar-refractivity contribution in [1.82, 2.24) is 15.0 Å². The number of aromatic nitrogens is 2. The predicted octanol–water partition coefficient (Wildman–Crippen LogP) is 3.54. The zero-order valence-corrected chi connectivity index (χ0v) is 15.1. The van der Waals surface area contributed by atoms with Crippen molar-refractivity contribution >= 4 is 5.91 Å². The Hall–Kier alpha value is -3.29. The highest BCUT2D eigenvalue weighted by Crippen LogP contribution is 2.30. The van der Waals surface area contributed by atoms with Crippen molar-refractivity contribution in [2.24, 2.45) is 0 Å². The Labute approximate surface area is 159 Å². The number of carbonyl (C=O) groups excluding carboxylic acids is 1. The van der Waals surface area contributed by atoms with Crippen LogP contribution in [0.25, 0.3) is 11.4 Å². The van der Waals surface area contributed by atoms with E-state index in [0.717, 1.165) is 5.56 Å². The van der Waals surface area contributed by atoms with E-state index in [1.807, 2.05) is 0 Å². The summed E-state index contributed by atoms with van der Waals surface area (Å²) in [6, 6.07) is 10.4. The molecule has 144 valence electrons. The summed E-state index contributed by atoms with van der Waals surface area (Å²) in [6.07, 6.45) is 0.250. The van der Waals surface area contributed by atoms with Crippen LogP contribution in [0.3, 0.4) is 0 Å². The summed E-state index contributed by atoms with van der Waals surface area (Å²) >= 11 is 0. The molecule has 1 aromatic heterocycles.